The molecule has 0 amide bonds. The van der Waals surface area contributed by atoms with Gasteiger partial charge in [0.1, 0.15) is 0 Å². The van der Waals surface area contributed by atoms with Gasteiger partial charge in [-0.25, -0.2) is 0 Å². The van der Waals surface area contributed by atoms with Gasteiger partial charge in [-0.1, -0.05) is 0 Å². The molecule has 2 atom stereocenters. The molecule has 0 aliphatic heterocycles. The van der Waals surface area contributed by atoms with Gasteiger partial charge in [-0.2, -0.15) is 0 Å². The Bertz CT molecular complexity index is 77.3. The van der Waals surface area contributed by atoms with E-state index < -0.39 is 0 Å². The fourth-order valence-corrected chi connectivity index (χ4v) is 0.863. The molecule has 2 nitrogen and oxygen atoms in total. The number of hydrogen-bond acceptors (Lipinski definition) is 2. The zero-order valence-electron chi connectivity index (χ0n) is 8.05. The van der Waals surface area contributed by atoms with E-state index in [9.17, 15) is 0 Å². The van der Waals surface area contributed by atoms with E-state index in [1.54, 1.807) is 0 Å². The predicted octanol–water partition coefficient (Wildman–Crippen LogP) is 0.887. The molecule has 0 aromatic rings. The Morgan fingerprint density at radius 3 is 1.00 bits per heavy atom. The minimum Gasteiger partial charge on any atom is -0.305 e. The van der Waals surface area contributed by atoms with Crippen molar-refractivity contribution in [1.29, 1.82) is 0 Å². The molecule has 0 aromatic carbocycles. The lowest BCUT2D eigenvalue weighted by molar-refractivity contribution is 0.176. The van der Waals surface area contributed by atoms with Crippen LogP contribution < -0.4 is 0 Å². The summed E-state index contributed by atoms with van der Waals surface area (Å²) in [4.78, 5) is 4.48. The molecule has 2 heteroatoms. The van der Waals surface area contributed by atoms with E-state index in [0.29, 0.717) is 12.1 Å². The quantitative estimate of drug-likeness (QED) is 0.580. The third-order valence-corrected chi connectivity index (χ3v) is 2.33. The van der Waals surface area contributed by atoms with Crippen molar-refractivity contribution in [2.45, 2.75) is 25.9 Å². The van der Waals surface area contributed by atoms with Crippen molar-refractivity contribution < 1.29 is 0 Å². The minimum atomic E-state index is 0.620. The topological polar surface area (TPSA) is 6.48 Å². The number of rotatable bonds is 3. The molecule has 0 aliphatic carbocycles. The Labute approximate surface area is 64.8 Å². The molecular weight excluding hydrogens is 124 g/mol. The summed E-state index contributed by atoms with van der Waals surface area (Å²) in [6.07, 6.45) is 0. The van der Waals surface area contributed by atoms with Crippen LogP contribution in [0, 0.1) is 0 Å². The van der Waals surface area contributed by atoms with E-state index in [1.807, 2.05) is 0 Å². The van der Waals surface area contributed by atoms with Crippen LogP contribution >= 0.6 is 0 Å². The molecule has 62 valence electrons. The fourth-order valence-electron chi connectivity index (χ4n) is 0.863. The molecule has 0 fully saturated rings. The van der Waals surface area contributed by atoms with Gasteiger partial charge in [0, 0.05) is 12.1 Å². The minimum absolute atomic E-state index is 0.620. The number of likely N-dealkylation sites (N-methyl/N-ethyl adjacent to an activating group) is 2. The maximum Gasteiger partial charge on any atom is 0.0214 e. The van der Waals surface area contributed by atoms with Crippen LogP contribution in [0.2, 0.25) is 0 Å². The second kappa shape index (κ2) is 3.94. The van der Waals surface area contributed by atoms with Crippen LogP contribution in [0.3, 0.4) is 0 Å². The van der Waals surface area contributed by atoms with Gasteiger partial charge in [0.25, 0.3) is 0 Å². The maximum absolute atomic E-state index is 2.24. The van der Waals surface area contributed by atoms with Crippen molar-refractivity contribution in [1.82, 2.24) is 9.80 Å². The van der Waals surface area contributed by atoms with Crippen LogP contribution in [0.1, 0.15) is 13.8 Å². The van der Waals surface area contributed by atoms with Gasteiger partial charge in [0.2, 0.25) is 0 Å². The highest BCUT2D eigenvalue weighted by Gasteiger charge is 2.14. The van der Waals surface area contributed by atoms with Gasteiger partial charge in [-0.15, -0.1) is 0 Å². The van der Waals surface area contributed by atoms with Gasteiger partial charge in [-0.3, -0.25) is 0 Å². The largest absolute Gasteiger partial charge is 0.305 e. The standard InChI is InChI=1S/C8H20N2/c1-7(9(3)4)8(2)10(5)6/h7-8H,1-6H3/t7-,8+. The summed E-state index contributed by atoms with van der Waals surface area (Å²) in [5, 5.41) is 0. The predicted molar refractivity (Wildman–Crippen MR) is 46.3 cm³/mol. The third kappa shape index (κ3) is 2.67. The number of nitrogens with zero attached hydrogens (tertiary/aromatic N) is 2. The van der Waals surface area contributed by atoms with Crippen LogP contribution in [0.15, 0.2) is 0 Å². The zero-order valence-corrected chi connectivity index (χ0v) is 8.05. The third-order valence-electron chi connectivity index (χ3n) is 2.33. The van der Waals surface area contributed by atoms with E-state index in [2.05, 4.69) is 51.8 Å². The summed E-state index contributed by atoms with van der Waals surface area (Å²) < 4.78 is 0. The molecule has 0 N–H and O–H groups in total. The van der Waals surface area contributed by atoms with Crippen molar-refractivity contribution in [2.75, 3.05) is 28.2 Å². The summed E-state index contributed by atoms with van der Waals surface area (Å²) in [6, 6.07) is 1.24. The monoisotopic (exact) mass is 144 g/mol. The molecular formula is C8H20N2. The first-order valence-corrected chi connectivity index (χ1v) is 3.79. The Morgan fingerprint density at radius 1 is 0.700 bits per heavy atom. The Morgan fingerprint density at radius 2 is 0.900 bits per heavy atom. The first kappa shape index (κ1) is 9.92. The van der Waals surface area contributed by atoms with Gasteiger partial charge < -0.3 is 9.80 Å². The number of hydrogen-bond donors (Lipinski definition) is 0. The average molecular weight is 144 g/mol. The van der Waals surface area contributed by atoms with Crippen molar-refractivity contribution >= 4 is 0 Å². The molecule has 0 bridgehead atoms. The van der Waals surface area contributed by atoms with Crippen LogP contribution in [-0.4, -0.2) is 50.1 Å². The highest BCUT2D eigenvalue weighted by molar-refractivity contribution is 4.72. The lowest BCUT2D eigenvalue weighted by Crippen LogP contribution is -2.42. The molecule has 0 saturated heterocycles. The molecule has 0 spiro atoms. The summed E-state index contributed by atoms with van der Waals surface area (Å²) in [7, 11) is 8.46. The Balaban J connectivity index is 3.81. The second-order valence-corrected chi connectivity index (χ2v) is 3.41. The molecule has 0 radical (unpaired) electrons. The second-order valence-electron chi connectivity index (χ2n) is 3.41. The van der Waals surface area contributed by atoms with E-state index in [0.717, 1.165) is 0 Å². The summed E-state index contributed by atoms with van der Waals surface area (Å²) in [5.41, 5.74) is 0. The lowest BCUT2D eigenvalue weighted by atomic mass is 10.1. The van der Waals surface area contributed by atoms with E-state index in [-0.39, 0.29) is 0 Å². The summed E-state index contributed by atoms with van der Waals surface area (Å²) in [5.74, 6) is 0. The molecule has 0 rings (SSSR count). The van der Waals surface area contributed by atoms with Gasteiger partial charge in [0.15, 0.2) is 0 Å². The summed E-state index contributed by atoms with van der Waals surface area (Å²) in [6.45, 7) is 4.48. The van der Waals surface area contributed by atoms with Gasteiger partial charge in [-0.05, 0) is 42.0 Å². The molecule has 0 saturated carbocycles. The fraction of sp³-hybridized carbons (Fsp3) is 1.00. The Hall–Kier alpha value is -0.0800. The van der Waals surface area contributed by atoms with Crippen LogP contribution in [0.5, 0.6) is 0 Å². The molecule has 0 heterocycles. The summed E-state index contributed by atoms with van der Waals surface area (Å²) >= 11 is 0. The van der Waals surface area contributed by atoms with Gasteiger partial charge in [0.05, 0.1) is 0 Å². The van der Waals surface area contributed by atoms with E-state index in [1.165, 1.54) is 0 Å². The zero-order chi connectivity index (χ0) is 8.31. The van der Waals surface area contributed by atoms with Gasteiger partial charge >= 0.3 is 0 Å². The SMILES string of the molecule is C[C@H]([C@H](C)N(C)C)N(C)C. The maximum atomic E-state index is 2.24. The molecule has 0 aliphatic rings. The Kier molecular flexibility index (Phi) is 3.91. The van der Waals surface area contributed by atoms with E-state index >= 15 is 0 Å². The lowest BCUT2D eigenvalue weighted by Gasteiger charge is -2.31. The molecule has 0 aromatic heterocycles. The highest BCUT2D eigenvalue weighted by atomic mass is 15.2. The van der Waals surface area contributed by atoms with E-state index in [4.69, 9.17) is 0 Å². The molecule has 0 unspecified atom stereocenters. The van der Waals surface area contributed by atoms with Crippen LogP contribution in [-0.2, 0) is 0 Å². The van der Waals surface area contributed by atoms with Crippen molar-refractivity contribution in [3.8, 4) is 0 Å². The first-order valence-electron chi connectivity index (χ1n) is 3.79. The smallest absolute Gasteiger partial charge is 0.0214 e. The highest BCUT2D eigenvalue weighted by Crippen LogP contribution is 2.03. The molecule has 10 heavy (non-hydrogen) atoms. The van der Waals surface area contributed by atoms with Crippen LogP contribution in [0.25, 0.3) is 0 Å². The first-order chi connectivity index (χ1) is 4.46. The van der Waals surface area contributed by atoms with Crippen LogP contribution in [0.4, 0.5) is 0 Å². The van der Waals surface area contributed by atoms with Crippen molar-refractivity contribution in [2.24, 2.45) is 0 Å². The normalized spacial score (nSPS) is 18.0. The average Bonchev–Trinajstić information content (AvgIpc) is 1.84. The van der Waals surface area contributed by atoms with Crippen molar-refractivity contribution in [3.63, 3.8) is 0 Å². The van der Waals surface area contributed by atoms with Crippen molar-refractivity contribution in [3.05, 3.63) is 0 Å².